The SMILES string of the molecule is CC(C)CCC[C@@H](C)[C@H]1CC[C@H]2[C@@H]3CC[C@]4(C)C[C@@H](O)CC[C@]4(C)[C@H]3CC[C@]12C. The molecule has 4 fully saturated rings. The van der Waals surface area contributed by atoms with Crippen LogP contribution in [0, 0.1) is 51.8 Å². The summed E-state index contributed by atoms with van der Waals surface area (Å²) in [4.78, 5) is 0. The summed E-state index contributed by atoms with van der Waals surface area (Å²) in [6.45, 7) is 15.2. The van der Waals surface area contributed by atoms with Crippen LogP contribution in [0.15, 0.2) is 0 Å². The van der Waals surface area contributed by atoms with Crippen LogP contribution < -0.4 is 0 Å². The van der Waals surface area contributed by atoms with Crippen molar-refractivity contribution in [3.63, 3.8) is 0 Å². The van der Waals surface area contributed by atoms with Crippen LogP contribution in [-0.4, -0.2) is 11.2 Å². The fraction of sp³-hybridized carbons (Fsp3) is 1.00. The van der Waals surface area contributed by atoms with Gasteiger partial charge in [0.2, 0.25) is 0 Å². The third kappa shape index (κ3) is 3.54. The fourth-order valence-electron chi connectivity index (χ4n) is 9.63. The van der Waals surface area contributed by atoms with Gasteiger partial charge in [-0.2, -0.15) is 0 Å². The molecule has 0 heterocycles. The molecule has 29 heavy (non-hydrogen) atoms. The Kier molecular flexibility index (Phi) is 5.98. The Hall–Kier alpha value is -0.0400. The summed E-state index contributed by atoms with van der Waals surface area (Å²) in [6.07, 6.45) is 16.4. The van der Waals surface area contributed by atoms with E-state index in [-0.39, 0.29) is 6.10 Å². The van der Waals surface area contributed by atoms with Crippen molar-refractivity contribution >= 4 is 0 Å². The van der Waals surface area contributed by atoms with Crippen molar-refractivity contribution in [1.82, 2.24) is 0 Å². The second-order valence-electron chi connectivity index (χ2n) is 13.3. The topological polar surface area (TPSA) is 20.2 Å². The Morgan fingerprint density at radius 3 is 2.31 bits per heavy atom. The minimum Gasteiger partial charge on any atom is -0.393 e. The molecule has 0 aliphatic heterocycles. The molecule has 0 radical (unpaired) electrons. The van der Waals surface area contributed by atoms with E-state index in [4.69, 9.17) is 0 Å². The predicted octanol–water partition coefficient (Wildman–Crippen LogP) is 7.86. The normalized spacial score (nSPS) is 50.7. The van der Waals surface area contributed by atoms with E-state index in [0.29, 0.717) is 16.2 Å². The van der Waals surface area contributed by atoms with E-state index in [1.54, 1.807) is 0 Å². The van der Waals surface area contributed by atoms with E-state index in [1.165, 1.54) is 64.2 Å². The number of fused-ring (bicyclic) bond motifs is 5. The Morgan fingerprint density at radius 2 is 1.59 bits per heavy atom. The van der Waals surface area contributed by atoms with Crippen LogP contribution >= 0.6 is 0 Å². The molecule has 0 spiro atoms. The molecule has 1 heteroatoms. The summed E-state index contributed by atoms with van der Waals surface area (Å²) < 4.78 is 0. The van der Waals surface area contributed by atoms with Crippen molar-refractivity contribution in [2.45, 2.75) is 125 Å². The number of aliphatic hydroxyl groups excluding tert-OH is 1. The zero-order valence-corrected chi connectivity index (χ0v) is 20.5. The summed E-state index contributed by atoms with van der Waals surface area (Å²) in [5.74, 6) is 5.60. The summed E-state index contributed by atoms with van der Waals surface area (Å²) >= 11 is 0. The van der Waals surface area contributed by atoms with E-state index < -0.39 is 0 Å². The van der Waals surface area contributed by atoms with Gasteiger partial charge in [0.15, 0.2) is 0 Å². The maximum absolute atomic E-state index is 10.4. The van der Waals surface area contributed by atoms with Crippen molar-refractivity contribution in [2.75, 3.05) is 0 Å². The maximum atomic E-state index is 10.4. The molecule has 1 nitrogen and oxygen atoms in total. The van der Waals surface area contributed by atoms with Gasteiger partial charge in [-0.1, -0.05) is 60.8 Å². The van der Waals surface area contributed by atoms with Crippen LogP contribution in [0.5, 0.6) is 0 Å². The van der Waals surface area contributed by atoms with Gasteiger partial charge in [-0.3, -0.25) is 0 Å². The molecule has 0 aromatic heterocycles. The highest BCUT2D eigenvalue weighted by Gasteiger charge is 2.63. The molecule has 9 atom stereocenters. The van der Waals surface area contributed by atoms with Crippen molar-refractivity contribution in [3.05, 3.63) is 0 Å². The summed E-state index contributed by atoms with van der Waals surface area (Å²) in [7, 11) is 0. The standard InChI is InChI=1S/C28H50O/c1-19(2)8-7-9-20(3)23-10-11-24-22-13-15-26(4)18-21(29)12-17-28(26,6)25(22)14-16-27(23,24)5/h19-25,29H,7-18H2,1-6H3/t20-,21+,22+,23-,24+,25+,26-,27-,28-/m1/s1. The second-order valence-corrected chi connectivity index (χ2v) is 13.3. The van der Waals surface area contributed by atoms with Gasteiger partial charge in [0, 0.05) is 0 Å². The van der Waals surface area contributed by atoms with Gasteiger partial charge in [0.1, 0.15) is 0 Å². The molecule has 0 aromatic carbocycles. The van der Waals surface area contributed by atoms with Crippen LogP contribution in [0.25, 0.3) is 0 Å². The van der Waals surface area contributed by atoms with Crippen molar-refractivity contribution in [2.24, 2.45) is 51.8 Å². The first-order valence-electron chi connectivity index (χ1n) is 13.3. The molecule has 1 N–H and O–H groups in total. The lowest BCUT2D eigenvalue weighted by molar-refractivity contribution is -0.171. The Balaban J connectivity index is 1.49. The van der Waals surface area contributed by atoms with Gasteiger partial charge in [-0.25, -0.2) is 0 Å². The molecule has 4 saturated carbocycles. The average Bonchev–Trinajstić information content (AvgIpc) is 2.99. The Morgan fingerprint density at radius 1 is 0.828 bits per heavy atom. The second kappa shape index (κ2) is 7.83. The first kappa shape index (κ1) is 22.2. The molecular formula is C28H50O. The minimum absolute atomic E-state index is 0.0407. The van der Waals surface area contributed by atoms with Gasteiger partial charge >= 0.3 is 0 Å². The largest absolute Gasteiger partial charge is 0.393 e. The van der Waals surface area contributed by atoms with Crippen LogP contribution in [0.2, 0.25) is 0 Å². The lowest BCUT2D eigenvalue weighted by Gasteiger charge is -2.65. The lowest BCUT2D eigenvalue weighted by atomic mass is 9.40. The first-order chi connectivity index (χ1) is 13.6. The van der Waals surface area contributed by atoms with Crippen LogP contribution in [0.4, 0.5) is 0 Å². The molecule has 0 aromatic rings. The van der Waals surface area contributed by atoms with E-state index in [1.807, 2.05) is 0 Å². The zero-order chi connectivity index (χ0) is 21.0. The van der Waals surface area contributed by atoms with E-state index >= 15 is 0 Å². The molecule has 4 aliphatic carbocycles. The molecule has 0 unspecified atom stereocenters. The third-order valence-electron chi connectivity index (χ3n) is 11.5. The highest BCUT2D eigenvalue weighted by Crippen LogP contribution is 2.71. The molecule has 4 aliphatic rings. The van der Waals surface area contributed by atoms with E-state index in [2.05, 4.69) is 41.5 Å². The fourth-order valence-corrected chi connectivity index (χ4v) is 9.63. The number of rotatable bonds is 5. The summed E-state index contributed by atoms with van der Waals surface area (Å²) in [5, 5.41) is 10.4. The molecule has 168 valence electrons. The predicted molar refractivity (Wildman–Crippen MR) is 124 cm³/mol. The van der Waals surface area contributed by atoms with Crippen molar-refractivity contribution in [3.8, 4) is 0 Å². The summed E-state index contributed by atoms with van der Waals surface area (Å²) in [6, 6.07) is 0. The Bertz CT molecular complexity index is 583. The minimum atomic E-state index is -0.0407. The number of hydrogen-bond donors (Lipinski definition) is 1. The highest BCUT2D eigenvalue weighted by atomic mass is 16.3. The van der Waals surface area contributed by atoms with Crippen LogP contribution in [0.3, 0.4) is 0 Å². The van der Waals surface area contributed by atoms with Crippen molar-refractivity contribution < 1.29 is 5.11 Å². The summed E-state index contributed by atoms with van der Waals surface area (Å²) in [5.41, 5.74) is 1.45. The Labute approximate surface area is 181 Å². The van der Waals surface area contributed by atoms with Crippen LogP contribution in [0.1, 0.15) is 119 Å². The van der Waals surface area contributed by atoms with E-state index in [9.17, 15) is 5.11 Å². The first-order valence-corrected chi connectivity index (χ1v) is 13.3. The van der Waals surface area contributed by atoms with Gasteiger partial charge < -0.3 is 5.11 Å². The molecular weight excluding hydrogens is 352 g/mol. The number of hydrogen-bond acceptors (Lipinski definition) is 1. The quantitative estimate of drug-likeness (QED) is 0.496. The highest BCUT2D eigenvalue weighted by molar-refractivity contribution is 5.12. The van der Waals surface area contributed by atoms with Gasteiger partial charge in [0.05, 0.1) is 6.10 Å². The molecule has 0 saturated heterocycles. The third-order valence-corrected chi connectivity index (χ3v) is 11.5. The average molecular weight is 403 g/mol. The van der Waals surface area contributed by atoms with Gasteiger partial charge in [0.25, 0.3) is 0 Å². The maximum Gasteiger partial charge on any atom is 0.0545 e. The zero-order valence-electron chi connectivity index (χ0n) is 20.5. The molecule has 4 rings (SSSR count). The van der Waals surface area contributed by atoms with E-state index in [0.717, 1.165) is 48.3 Å². The number of aliphatic hydroxyl groups is 1. The molecule has 0 amide bonds. The lowest BCUT2D eigenvalue weighted by Crippen LogP contribution is -2.58. The molecule has 0 bridgehead atoms. The van der Waals surface area contributed by atoms with Crippen LogP contribution in [-0.2, 0) is 0 Å². The van der Waals surface area contributed by atoms with Crippen molar-refractivity contribution in [1.29, 1.82) is 0 Å². The van der Waals surface area contributed by atoms with Gasteiger partial charge in [-0.05, 0) is 110 Å². The van der Waals surface area contributed by atoms with Gasteiger partial charge in [-0.15, -0.1) is 0 Å². The monoisotopic (exact) mass is 402 g/mol. The smallest absolute Gasteiger partial charge is 0.0545 e.